The Morgan fingerprint density at radius 1 is 1.31 bits per heavy atom. The average Bonchev–Trinajstić information content (AvgIpc) is 2.78. The summed E-state index contributed by atoms with van der Waals surface area (Å²) in [5.41, 5.74) is 1.72. The fourth-order valence-electron chi connectivity index (χ4n) is 1.22. The van der Waals surface area contributed by atoms with Gasteiger partial charge in [0.1, 0.15) is 5.69 Å². The molecule has 0 radical (unpaired) electrons. The number of aromatic nitrogens is 2. The van der Waals surface area contributed by atoms with Crippen LogP contribution in [0.5, 0.6) is 0 Å². The Morgan fingerprint density at radius 3 is 2.62 bits per heavy atom. The number of rotatable bonds is 2. The van der Waals surface area contributed by atoms with Gasteiger partial charge in [0, 0.05) is 9.13 Å². The van der Waals surface area contributed by atoms with Crippen LogP contribution in [0.4, 0.5) is 0 Å². The second-order valence-corrected chi connectivity index (χ2v) is 4.73. The van der Waals surface area contributed by atoms with Gasteiger partial charge < -0.3 is 4.74 Å². The molecule has 0 spiro atoms. The number of halogens is 1. The topological polar surface area (TPSA) is 52.1 Å². The number of ether oxygens (including phenoxy) is 1. The molecule has 0 aliphatic rings. The molecule has 1 heterocycles. The van der Waals surface area contributed by atoms with E-state index in [0.717, 1.165) is 20.9 Å². The third-order valence-corrected chi connectivity index (χ3v) is 3.23. The van der Waals surface area contributed by atoms with Crippen LogP contribution in [-0.4, -0.2) is 21.8 Å². The lowest BCUT2D eigenvalue weighted by atomic mass is 10.1. The van der Waals surface area contributed by atoms with E-state index in [2.05, 4.69) is 36.1 Å². The second kappa shape index (κ2) is 4.88. The Hall–Kier alpha value is -1.02. The van der Waals surface area contributed by atoms with Crippen LogP contribution >= 0.6 is 34.3 Å². The van der Waals surface area contributed by atoms with Gasteiger partial charge in [-0.3, -0.25) is 0 Å². The standard InChI is InChI=1S/C10H7IN2O2S/c1-15-10(14)9-8(12-16-13-9)6-2-4-7(11)5-3-6/h2-5H,1H3. The van der Waals surface area contributed by atoms with Gasteiger partial charge in [-0.2, -0.15) is 8.75 Å². The normalized spacial score (nSPS) is 10.1. The lowest BCUT2D eigenvalue weighted by Gasteiger charge is -1.99. The molecular weight excluding hydrogens is 339 g/mol. The molecule has 0 aliphatic carbocycles. The van der Waals surface area contributed by atoms with Crippen molar-refractivity contribution in [3.8, 4) is 11.3 Å². The molecule has 0 saturated heterocycles. The summed E-state index contributed by atoms with van der Waals surface area (Å²) >= 11 is 3.22. The molecule has 82 valence electrons. The molecule has 0 saturated carbocycles. The van der Waals surface area contributed by atoms with E-state index in [-0.39, 0.29) is 5.69 Å². The first kappa shape index (κ1) is 11.5. The van der Waals surface area contributed by atoms with Gasteiger partial charge in [0.15, 0.2) is 5.69 Å². The van der Waals surface area contributed by atoms with Crippen molar-refractivity contribution >= 4 is 40.3 Å². The number of carbonyl (C=O) groups is 1. The molecule has 0 aliphatic heterocycles. The van der Waals surface area contributed by atoms with E-state index in [9.17, 15) is 4.79 Å². The number of carbonyl (C=O) groups excluding carboxylic acids is 1. The summed E-state index contributed by atoms with van der Waals surface area (Å²) in [6, 6.07) is 7.72. The minimum atomic E-state index is -0.456. The molecule has 2 rings (SSSR count). The second-order valence-electron chi connectivity index (χ2n) is 2.96. The first-order valence-corrected chi connectivity index (χ1v) is 6.20. The molecule has 6 heteroatoms. The van der Waals surface area contributed by atoms with Crippen LogP contribution in [0.1, 0.15) is 10.5 Å². The quantitative estimate of drug-likeness (QED) is 0.620. The van der Waals surface area contributed by atoms with Crippen molar-refractivity contribution in [1.29, 1.82) is 0 Å². The van der Waals surface area contributed by atoms with E-state index in [4.69, 9.17) is 0 Å². The summed E-state index contributed by atoms with van der Waals surface area (Å²) in [6.07, 6.45) is 0. The van der Waals surface area contributed by atoms with Crippen LogP contribution in [0.15, 0.2) is 24.3 Å². The molecule has 0 unspecified atom stereocenters. The summed E-state index contributed by atoms with van der Waals surface area (Å²) < 4.78 is 13.8. The Morgan fingerprint density at radius 2 is 2.00 bits per heavy atom. The van der Waals surface area contributed by atoms with Crippen molar-refractivity contribution in [2.45, 2.75) is 0 Å². The zero-order chi connectivity index (χ0) is 11.5. The van der Waals surface area contributed by atoms with Crippen LogP contribution in [0.2, 0.25) is 0 Å². The smallest absolute Gasteiger partial charge is 0.360 e. The summed E-state index contributed by atoms with van der Waals surface area (Å²) in [7, 11) is 1.33. The Kier molecular flexibility index (Phi) is 3.49. The lowest BCUT2D eigenvalue weighted by molar-refractivity contribution is 0.0596. The average molecular weight is 346 g/mol. The highest BCUT2D eigenvalue weighted by atomic mass is 127. The van der Waals surface area contributed by atoms with Gasteiger partial charge in [0.05, 0.1) is 18.8 Å². The van der Waals surface area contributed by atoms with Crippen molar-refractivity contribution in [3.63, 3.8) is 0 Å². The van der Waals surface area contributed by atoms with Crippen LogP contribution in [0.25, 0.3) is 11.3 Å². The van der Waals surface area contributed by atoms with E-state index in [1.165, 1.54) is 7.11 Å². The molecule has 0 atom stereocenters. The molecule has 0 bridgehead atoms. The Labute approximate surface area is 110 Å². The third kappa shape index (κ3) is 2.22. The first-order chi connectivity index (χ1) is 7.72. The van der Waals surface area contributed by atoms with Gasteiger partial charge in [-0.1, -0.05) is 12.1 Å². The summed E-state index contributed by atoms with van der Waals surface area (Å²) in [5, 5.41) is 0. The van der Waals surface area contributed by atoms with Crippen LogP contribution in [0.3, 0.4) is 0 Å². The maximum atomic E-state index is 11.4. The lowest BCUT2D eigenvalue weighted by Crippen LogP contribution is -2.03. The van der Waals surface area contributed by atoms with Gasteiger partial charge >= 0.3 is 5.97 Å². The summed E-state index contributed by atoms with van der Waals surface area (Å²) in [5.74, 6) is -0.456. The van der Waals surface area contributed by atoms with Gasteiger partial charge in [0.2, 0.25) is 0 Å². The number of benzene rings is 1. The third-order valence-electron chi connectivity index (χ3n) is 1.98. The molecule has 1 aromatic heterocycles. The van der Waals surface area contributed by atoms with Gasteiger partial charge in [-0.05, 0) is 34.7 Å². The number of nitrogens with zero attached hydrogens (tertiary/aromatic N) is 2. The number of methoxy groups -OCH3 is 1. The van der Waals surface area contributed by atoms with Crippen LogP contribution in [0, 0.1) is 3.57 Å². The monoisotopic (exact) mass is 346 g/mol. The molecule has 4 nitrogen and oxygen atoms in total. The van der Waals surface area contributed by atoms with Crippen molar-refractivity contribution in [2.75, 3.05) is 7.11 Å². The predicted octanol–water partition coefficient (Wildman–Crippen LogP) is 2.60. The molecule has 0 amide bonds. The van der Waals surface area contributed by atoms with E-state index in [1.807, 2.05) is 24.3 Å². The van der Waals surface area contributed by atoms with Crippen molar-refractivity contribution in [3.05, 3.63) is 33.5 Å². The number of esters is 1. The highest BCUT2D eigenvalue weighted by Gasteiger charge is 2.18. The highest BCUT2D eigenvalue weighted by Crippen LogP contribution is 2.23. The van der Waals surface area contributed by atoms with E-state index < -0.39 is 5.97 Å². The maximum absolute atomic E-state index is 11.4. The van der Waals surface area contributed by atoms with Gasteiger partial charge in [-0.25, -0.2) is 4.79 Å². The summed E-state index contributed by atoms with van der Waals surface area (Å²) in [6.45, 7) is 0. The first-order valence-electron chi connectivity index (χ1n) is 4.39. The molecule has 1 aromatic carbocycles. The molecule has 0 N–H and O–H groups in total. The van der Waals surface area contributed by atoms with E-state index >= 15 is 0 Å². The zero-order valence-corrected chi connectivity index (χ0v) is 11.3. The fraction of sp³-hybridized carbons (Fsp3) is 0.100. The number of hydrogen-bond donors (Lipinski definition) is 0. The van der Waals surface area contributed by atoms with Crippen molar-refractivity contribution < 1.29 is 9.53 Å². The molecule has 16 heavy (non-hydrogen) atoms. The Balaban J connectivity index is 2.44. The van der Waals surface area contributed by atoms with Gasteiger partial charge in [0.25, 0.3) is 0 Å². The highest BCUT2D eigenvalue weighted by molar-refractivity contribution is 14.1. The number of hydrogen-bond acceptors (Lipinski definition) is 5. The largest absolute Gasteiger partial charge is 0.464 e. The van der Waals surface area contributed by atoms with E-state index in [0.29, 0.717) is 5.69 Å². The van der Waals surface area contributed by atoms with Crippen molar-refractivity contribution in [2.24, 2.45) is 0 Å². The molecular formula is C10H7IN2O2S. The molecule has 2 aromatic rings. The van der Waals surface area contributed by atoms with E-state index in [1.54, 1.807) is 0 Å². The van der Waals surface area contributed by atoms with Crippen LogP contribution < -0.4 is 0 Å². The van der Waals surface area contributed by atoms with Crippen LogP contribution in [-0.2, 0) is 4.74 Å². The predicted molar refractivity (Wildman–Crippen MR) is 69.4 cm³/mol. The Bertz CT molecular complexity index is 510. The minimum Gasteiger partial charge on any atom is -0.464 e. The van der Waals surface area contributed by atoms with Gasteiger partial charge in [-0.15, -0.1) is 0 Å². The SMILES string of the molecule is COC(=O)c1nsnc1-c1ccc(I)cc1. The minimum absolute atomic E-state index is 0.272. The fourth-order valence-corrected chi connectivity index (χ4v) is 2.13. The summed E-state index contributed by atoms with van der Waals surface area (Å²) in [4.78, 5) is 11.4. The zero-order valence-electron chi connectivity index (χ0n) is 8.31. The van der Waals surface area contributed by atoms with Crippen molar-refractivity contribution in [1.82, 2.24) is 8.75 Å². The maximum Gasteiger partial charge on any atom is 0.360 e. The molecule has 0 fully saturated rings.